The molecular formula is C21H28Cl2N4O2. The molecule has 1 aliphatic rings. The van der Waals surface area contributed by atoms with Crippen molar-refractivity contribution in [2.45, 2.75) is 31.3 Å². The van der Waals surface area contributed by atoms with Crippen molar-refractivity contribution in [3.05, 3.63) is 66.0 Å². The Kier molecular flexibility index (Phi) is 10.7. The molecule has 0 spiro atoms. The van der Waals surface area contributed by atoms with E-state index in [9.17, 15) is 9.59 Å². The van der Waals surface area contributed by atoms with Crippen LogP contribution in [-0.4, -0.2) is 53.9 Å². The first kappa shape index (κ1) is 24.9. The van der Waals surface area contributed by atoms with Gasteiger partial charge in [0.15, 0.2) is 0 Å². The fraction of sp³-hybridized carbons (Fsp3) is 0.381. The topological polar surface area (TPSA) is 74.3 Å². The van der Waals surface area contributed by atoms with Crippen molar-refractivity contribution in [1.82, 2.24) is 20.5 Å². The van der Waals surface area contributed by atoms with E-state index in [1.54, 1.807) is 24.5 Å². The van der Waals surface area contributed by atoms with Gasteiger partial charge in [0.25, 0.3) is 5.91 Å². The lowest BCUT2D eigenvalue weighted by Crippen LogP contribution is -2.54. The highest BCUT2D eigenvalue weighted by atomic mass is 35.5. The second-order valence-electron chi connectivity index (χ2n) is 6.87. The summed E-state index contributed by atoms with van der Waals surface area (Å²) >= 11 is 0. The average Bonchev–Trinajstić information content (AvgIpc) is 2.74. The monoisotopic (exact) mass is 438 g/mol. The number of halogens is 2. The summed E-state index contributed by atoms with van der Waals surface area (Å²) in [6.45, 7) is 1.39. The van der Waals surface area contributed by atoms with Crippen LogP contribution in [0.1, 0.15) is 28.8 Å². The van der Waals surface area contributed by atoms with Crippen LogP contribution in [0.3, 0.4) is 0 Å². The van der Waals surface area contributed by atoms with Gasteiger partial charge in [-0.2, -0.15) is 0 Å². The highest BCUT2D eigenvalue weighted by Gasteiger charge is 2.30. The second-order valence-corrected chi connectivity index (χ2v) is 6.87. The number of carbonyl (C=O) groups is 2. The normalized spacial score (nSPS) is 16.7. The minimum atomic E-state index is -0.613. The Morgan fingerprint density at radius 1 is 1.17 bits per heavy atom. The summed E-state index contributed by atoms with van der Waals surface area (Å²) in [5, 5.41) is 6.19. The van der Waals surface area contributed by atoms with Gasteiger partial charge in [-0.15, -0.1) is 24.8 Å². The number of aromatic nitrogens is 1. The zero-order chi connectivity index (χ0) is 19.1. The van der Waals surface area contributed by atoms with E-state index in [1.807, 2.05) is 42.3 Å². The highest BCUT2D eigenvalue weighted by Crippen LogP contribution is 2.13. The van der Waals surface area contributed by atoms with Crippen LogP contribution in [0, 0.1) is 0 Å². The van der Waals surface area contributed by atoms with Gasteiger partial charge in [0.05, 0.1) is 0 Å². The summed E-state index contributed by atoms with van der Waals surface area (Å²) in [4.78, 5) is 31.8. The lowest BCUT2D eigenvalue weighted by Gasteiger charge is -2.35. The van der Waals surface area contributed by atoms with Crippen molar-refractivity contribution in [1.29, 1.82) is 0 Å². The van der Waals surface area contributed by atoms with E-state index in [0.717, 1.165) is 24.9 Å². The third-order valence-corrected chi connectivity index (χ3v) is 4.94. The number of hydrogen-bond donors (Lipinski definition) is 2. The van der Waals surface area contributed by atoms with Crippen LogP contribution in [-0.2, 0) is 11.2 Å². The quantitative estimate of drug-likeness (QED) is 0.726. The lowest BCUT2D eigenvalue weighted by molar-refractivity contribution is -0.134. The largest absolute Gasteiger partial charge is 0.340 e. The maximum Gasteiger partial charge on any atom is 0.251 e. The smallest absolute Gasteiger partial charge is 0.251 e. The van der Waals surface area contributed by atoms with Crippen molar-refractivity contribution in [3.8, 4) is 0 Å². The number of benzene rings is 1. The molecule has 2 aromatic rings. The van der Waals surface area contributed by atoms with Crippen molar-refractivity contribution in [3.63, 3.8) is 0 Å². The molecule has 158 valence electrons. The highest BCUT2D eigenvalue weighted by molar-refractivity contribution is 5.97. The van der Waals surface area contributed by atoms with Crippen LogP contribution in [0.2, 0.25) is 0 Å². The molecule has 2 amide bonds. The zero-order valence-electron chi connectivity index (χ0n) is 16.4. The summed E-state index contributed by atoms with van der Waals surface area (Å²) < 4.78 is 0. The summed E-state index contributed by atoms with van der Waals surface area (Å²) in [6.07, 6.45) is 5.88. The number of rotatable bonds is 6. The molecule has 3 rings (SSSR count). The molecule has 2 atom stereocenters. The number of likely N-dealkylation sites (tertiary alicyclic amines) is 1. The van der Waals surface area contributed by atoms with E-state index in [-0.39, 0.29) is 36.6 Å². The molecule has 0 radical (unpaired) electrons. The predicted molar refractivity (Wildman–Crippen MR) is 119 cm³/mol. The third kappa shape index (κ3) is 6.99. The Bertz CT molecular complexity index is 762. The summed E-state index contributed by atoms with van der Waals surface area (Å²) in [5.74, 6) is -0.275. The number of likely N-dealkylation sites (N-methyl/N-ethyl adjacent to an activating group) is 1. The Hall–Kier alpha value is -2.15. The molecule has 2 N–H and O–H groups in total. The van der Waals surface area contributed by atoms with Gasteiger partial charge in [-0.3, -0.25) is 14.6 Å². The van der Waals surface area contributed by atoms with Crippen LogP contribution in [0.5, 0.6) is 0 Å². The maximum atomic E-state index is 13.2. The molecule has 29 heavy (non-hydrogen) atoms. The lowest BCUT2D eigenvalue weighted by atomic mass is 10.0. The van der Waals surface area contributed by atoms with Gasteiger partial charge in [0.2, 0.25) is 5.91 Å². The van der Waals surface area contributed by atoms with Crippen LogP contribution in [0.4, 0.5) is 0 Å². The molecule has 0 aliphatic carbocycles. The number of amides is 2. The zero-order valence-corrected chi connectivity index (χ0v) is 18.0. The molecule has 1 fully saturated rings. The molecule has 2 unspecified atom stereocenters. The third-order valence-electron chi connectivity index (χ3n) is 4.94. The van der Waals surface area contributed by atoms with E-state index >= 15 is 0 Å². The van der Waals surface area contributed by atoms with Gasteiger partial charge in [-0.25, -0.2) is 0 Å². The molecule has 8 heteroatoms. The minimum Gasteiger partial charge on any atom is -0.340 e. The van der Waals surface area contributed by atoms with E-state index in [0.29, 0.717) is 24.6 Å². The Morgan fingerprint density at radius 3 is 2.59 bits per heavy atom. The summed E-state index contributed by atoms with van der Waals surface area (Å²) in [7, 11) is 1.92. The SMILES string of the molecule is CNC1CCCN(C(=O)C(Cc2cccnc2)NC(=O)c2ccccc2)C1.Cl.Cl. The Morgan fingerprint density at radius 2 is 1.93 bits per heavy atom. The summed E-state index contributed by atoms with van der Waals surface area (Å²) in [6, 6.07) is 12.4. The first-order valence-electron chi connectivity index (χ1n) is 9.38. The average molecular weight is 439 g/mol. The van der Waals surface area contributed by atoms with Crippen molar-refractivity contribution in [2.24, 2.45) is 0 Å². The number of nitrogens with zero attached hydrogens (tertiary/aromatic N) is 2. The van der Waals surface area contributed by atoms with E-state index < -0.39 is 6.04 Å². The van der Waals surface area contributed by atoms with Gasteiger partial charge < -0.3 is 15.5 Å². The predicted octanol–water partition coefficient (Wildman–Crippen LogP) is 2.48. The van der Waals surface area contributed by atoms with Gasteiger partial charge in [0.1, 0.15) is 6.04 Å². The first-order valence-corrected chi connectivity index (χ1v) is 9.38. The van der Waals surface area contributed by atoms with Gasteiger partial charge >= 0.3 is 0 Å². The Labute approximate surface area is 184 Å². The molecule has 1 aromatic carbocycles. The fourth-order valence-corrected chi connectivity index (χ4v) is 3.42. The molecule has 6 nitrogen and oxygen atoms in total. The van der Waals surface area contributed by atoms with Crippen molar-refractivity contribution in [2.75, 3.05) is 20.1 Å². The van der Waals surface area contributed by atoms with Crippen LogP contribution in [0.15, 0.2) is 54.9 Å². The first-order chi connectivity index (χ1) is 13.2. The molecule has 0 saturated carbocycles. The van der Waals surface area contributed by atoms with Gasteiger partial charge in [-0.1, -0.05) is 24.3 Å². The van der Waals surface area contributed by atoms with Crippen LogP contribution < -0.4 is 10.6 Å². The van der Waals surface area contributed by atoms with Crippen LogP contribution >= 0.6 is 24.8 Å². The fourth-order valence-electron chi connectivity index (χ4n) is 3.42. The van der Waals surface area contributed by atoms with E-state index in [4.69, 9.17) is 0 Å². The minimum absolute atomic E-state index is 0. The van der Waals surface area contributed by atoms with Crippen LogP contribution in [0.25, 0.3) is 0 Å². The van der Waals surface area contributed by atoms with E-state index in [1.165, 1.54) is 0 Å². The number of piperidine rings is 1. The Balaban J connectivity index is 0.00000210. The molecule has 2 heterocycles. The van der Waals surface area contributed by atoms with Gasteiger partial charge in [-0.05, 0) is 43.7 Å². The van der Waals surface area contributed by atoms with Gasteiger partial charge in [0, 0.05) is 43.5 Å². The number of nitrogens with one attached hydrogen (secondary N) is 2. The second kappa shape index (κ2) is 12.4. The molecule has 1 aliphatic heterocycles. The molecule has 1 saturated heterocycles. The number of hydrogen-bond acceptors (Lipinski definition) is 4. The van der Waals surface area contributed by atoms with Crippen molar-refractivity contribution >= 4 is 36.6 Å². The van der Waals surface area contributed by atoms with Crippen molar-refractivity contribution < 1.29 is 9.59 Å². The number of pyridine rings is 1. The molecular weight excluding hydrogens is 411 g/mol. The standard InChI is InChI=1S/C21H26N4O2.2ClH/c1-22-18-10-6-12-25(15-18)21(27)19(13-16-7-5-11-23-14-16)24-20(26)17-8-3-2-4-9-17;;/h2-5,7-9,11,14,18-19,22H,6,10,12-13,15H2,1H3,(H,24,26);2*1H. The molecule has 1 aromatic heterocycles. The number of carbonyl (C=O) groups excluding carboxylic acids is 2. The van der Waals surface area contributed by atoms with E-state index in [2.05, 4.69) is 15.6 Å². The summed E-state index contributed by atoms with van der Waals surface area (Å²) in [5.41, 5.74) is 1.47. The maximum absolute atomic E-state index is 13.2. The molecule has 0 bridgehead atoms.